The molecule has 3 rings (SSSR count). The summed E-state index contributed by atoms with van der Waals surface area (Å²) >= 11 is 0. The molecule has 3 N–H and O–H groups in total. The maximum absolute atomic E-state index is 13.0. The second-order valence-electron chi connectivity index (χ2n) is 6.94. The van der Waals surface area contributed by atoms with Crippen LogP contribution in [0.15, 0.2) is 47.4 Å². The van der Waals surface area contributed by atoms with E-state index in [0.717, 1.165) is 12.8 Å². The molecule has 10 heteroatoms. The Morgan fingerprint density at radius 1 is 1.13 bits per heavy atom. The third kappa shape index (κ3) is 5.33. The van der Waals surface area contributed by atoms with Gasteiger partial charge in [0.25, 0.3) is 21.8 Å². The molecule has 0 bridgehead atoms. The van der Waals surface area contributed by atoms with Crippen LogP contribution in [-0.4, -0.2) is 53.6 Å². The number of hydrogen-bond acceptors (Lipinski definition) is 6. The summed E-state index contributed by atoms with van der Waals surface area (Å²) < 4.78 is 39.0. The molecule has 1 aliphatic rings. The number of methoxy groups -OCH3 is 1. The van der Waals surface area contributed by atoms with Crippen molar-refractivity contribution in [1.82, 2.24) is 10.6 Å². The number of rotatable bonds is 8. The Hall–Kier alpha value is -3.11. The lowest BCUT2D eigenvalue weighted by Gasteiger charge is -2.15. The van der Waals surface area contributed by atoms with Gasteiger partial charge in [0, 0.05) is 20.2 Å². The van der Waals surface area contributed by atoms with Gasteiger partial charge >= 0.3 is 0 Å². The summed E-state index contributed by atoms with van der Waals surface area (Å²) in [7, 11) is -1.25. The summed E-state index contributed by atoms with van der Waals surface area (Å²) in [5, 5.41) is 5.23. The van der Waals surface area contributed by atoms with Gasteiger partial charge in [-0.1, -0.05) is 12.1 Å². The Morgan fingerprint density at radius 3 is 2.58 bits per heavy atom. The molecule has 2 amide bonds. The Morgan fingerprint density at radius 2 is 1.90 bits per heavy atom. The molecule has 1 saturated heterocycles. The van der Waals surface area contributed by atoms with Gasteiger partial charge in [-0.15, -0.1) is 0 Å². The number of amides is 2. The van der Waals surface area contributed by atoms with Crippen molar-refractivity contribution in [3.8, 4) is 5.75 Å². The molecule has 0 saturated carbocycles. The molecule has 166 valence electrons. The number of carbonyl (C=O) groups is 2. The number of anilines is 1. The molecule has 9 nitrogen and oxygen atoms in total. The van der Waals surface area contributed by atoms with E-state index in [1.165, 1.54) is 44.5 Å². The van der Waals surface area contributed by atoms with E-state index >= 15 is 0 Å². The molecule has 1 atom stereocenters. The Kier molecular flexibility index (Phi) is 7.13. The van der Waals surface area contributed by atoms with Crippen molar-refractivity contribution in [1.29, 1.82) is 0 Å². The third-order valence-electron chi connectivity index (χ3n) is 4.88. The number of benzene rings is 2. The minimum absolute atomic E-state index is 0.0322. The van der Waals surface area contributed by atoms with Gasteiger partial charge in [-0.05, 0) is 43.2 Å². The Bertz CT molecular complexity index is 1060. The van der Waals surface area contributed by atoms with Crippen LogP contribution in [0.2, 0.25) is 0 Å². The summed E-state index contributed by atoms with van der Waals surface area (Å²) in [6, 6.07) is 10.3. The molecular weight excluding hydrogens is 422 g/mol. The maximum Gasteiger partial charge on any atom is 0.261 e. The van der Waals surface area contributed by atoms with E-state index in [-0.39, 0.29) is 33.6 Å². The van der Waals surface area contributed by atoms with E-state index in [2.05, 4.69) is 15.4 Å². The predicted octanol–water partition coefficient (Wildman–Crippen LogP) is 1.76. The van der Waals surface area contributed by atoms with Crippen LogP contribution < -0.4 is 20.1 Å². The lowest BCUT2D eigenvalue weighted by molar-refractivity contribution is 0.0858. The van der Waals surface area contributed by atoms with Crippen LogP contribution >= 0.6 is 0 Å². The monoisotopic (exact) mass is 447 g/mol. The lowest BCUT2D eigenvalue weighted by atomic mass is 10.1. The highest BCUT2D eigenvalue weighted by Gasteiger charge is 2.22. The van der Waals surface area contributed by atoms with Crippen LogP contribution in [0.4, 0.5) is 5.69 Å². The molecule has 0 radical (unpaired) electrons. The van der Waals surface area contributed by atoms with Crippen molar-refractivity contribution >= 4 is 27.5 Å². The molecule has 1 fully saturated rings. The molecular formula is C21H25N3O6S. The van der Waals surface area contributed by atoms with E-state index in [4.69, 9.17) is 9.47 Å². The van der Waals surface area contributed by atoms with Crippen LogP contribution in [0.3, 0.4) is 0 Å². The standard InChI is InChI=1S/C21H25N3O6S/c1-22-20(25)17-12-15(9-10-19(17)29-2)31(27,28)24-18-8-4-3-7-16(18)21(26)23-13-14-6-5-11-30-14/h3-4,7-10,12,14,24H,5-6,11,13H2,1-2H3,(H,22,25)(H,23,26)/t14-/m0/s1. The zero-order chi connectivity index (χ0) is 22.4. The lowest BCUT2D eigenvalue weighted by Crippen LogP contribution is -2.32. The molecule has 2 aromatic carbocycles. The fourth-order valence-electron chi connectivity index (χ4n) is 3.25. The van der Waals surface area contributed by atoms with Crippen LogP contribution in [-0.2, 0) is 14.8 Å². The molecule has 1 aliphatic heterocycles. The SMILES string of the molecule is CNC(=O)c1cc(S(=O)(=O)Nc2ccccc2C(=O)NC[C@@H]2CCCO2)ccc1OC. The van der Waals surface area contributed by atoms with E-state index in [9.17, 15) is 18.0 Å². The molecule has 1 heterocycles. The van der Waals surface area contributed by atoms with Gasteiger partial charge in [-0.25, -0.2) is 8.42 Å². The van der Waals surface area contributed by atoms with Crippen molar-refractivity contribution in [2.75, 3.05) is 32.0 Å². The van der Waals surface area contributed by atoms with Gasteiger partial charge in [0.2, 0.25) is 0 Å². The second-order valence-corrected chi connectivity index (χ2v) is 8.62. The minimum atomic E-state index is -4.08. The first-order valence-corrected chi connectivity index (χ1v) is 11.3. The zero-order valence-corrected chi connectivity index (χ0v) is 18.1. The minimum Gasteiger partial charge on any atom is -0.496 e. The first kappa shape index (κ1) is 22.6. The van der Waals surface area contributed by atoms with E-state index in [1.807, 2.05) is 0 Å². The highest BCUT2D eigenvalue weighted by molar-refractivity contribution is 7.92. The highest BCUT2D eigenvalue weighted by Crippen LogP contribution is 2.25. The first-order valence-electron chi connectivity index (χ1n) is 9.77. The normalized spacial score (nSPS) is 15.9. The van der Waals surface area contributed by atoms with Gasteiger partial charge in [-0.3, -0.25) is 14.3 Å². The number of nitrogens with one attached hydrogen (secondary N) is 3. The largest absolute Gasteiger partial charge is 0.496 e. The summed E-state index contributed by atoms with van der Waals surface area (Å²) in [4.78, 5) is 24.6. The molecule has 2 aromatic rings. The first-order chi connectivity index (χ1) is 14.9. The van der Waals surface area contributed by atoms with Crippen LogP contribution in [0.1, 0.15) is 33.6 Å². The third-order valence-corrected chi connectivity index (χ3v) is 6.25. The van der Waals surface area contributed by atoms with E-state index in [1.54, 1.807) is 12.1 Å². The summed E-state index contributed by atoms with van der Waals surface area (Å²) in [6.07, 6.45) is 1.80. The fraction of sp³-hybridized carbons (Fsp3) is 0.333. The maximum atomic E-state index is 13.0. The van der Waals surface area contributed by atoms with Gasteiger partial charge in [-0.2, -0.15) is 0 Å². The molecule has 0 aromatic heterocycles. The molecule has 0 unspecified atom stereocenters. The molecule has 0 spiro atoms. The molecule has 0 aliphatic carbocycles. The van der Waals surface area contributed by atoms with Crippen molar-refractivity contribution in [3.63, 3.8) is 0 Å². The number of para-hydroxylation sites is 1. The summed E-state index contributed by atoms with van der Waals surface area (Å²) in [5.74, 6) is -0.649. The van der Waals surface area contributed by atoms with Crippen LogP contribution in [0, 0.1) is 0 Å². The van der Waals surface area contributed by atoms with Gasteiger partial charge in [0.05, 0.1) is 34.9 Å². The highest BCUT2D eigenvalue weighted by atomic mass is 32.2. The van der Waals surface area contributed by atoms with Crippen LogP contribution in [0.25, 0.3) is 0 Å². The molecule has 31 heavy (non-hydrogen) atoms. The van der Waals surface area contributed by atoms with Gasteiger partial charge in [0.15, 0.2) is 0 Å². The fourth-order valence-corrected chi connectivity index (χ4v) is 4.35. The summed E-state index contributed by atoms with van der Waals surface area (Å²) in [6.45, 7) is 1.03. The van der Waals surface area contributed by atoms with Gasteiger partial charge < -0.3 is 20.1 Å². The second kappa shape index (κ2) is 9.80. The predicted molar refractivity (Wildman–Crippen MR) is 115 cm³/mol. The Balaban J connectivity index is 1.83. The van der Waals surface area contributed by atoms with Crippen molar-refractivity contribution in [2.24, 2.45) is 0 Å². The van der Waals surface area contributed by atoms with Crippen molar-refractivity contribution < 1.29 is 27.5 Å². The zero-order valence-electron chi connectivity index (χ0n) is 17.3. The quantitative estimate of drug-likeness (QED) is 0.567. The average molecular weight is 448 g/mol. The van der Waals surface area contributed by atoms with E-state index < -0.39 is 21.8 Å². The summed E-state index contributed by atoms with van der Waals surface area (Å²) in [5.41, 5.74) is 0.393. The number of hydrogen-bond donors (Lipinski definition) is 3. The van der Waals surface area contributed by atoms with Crippen molar-refractivity contribution in [3.05, 3.63) is 53.6 Å². The number of sulfonamides is 1. The topological polar surface area (TPSA) is 123 Å². The Labute approximate surface area is 181 Å². The van der Waals surface area contributed by atoms with Gasteiger partial charge in [0.1, 0.15) is 5.75 Å². The smallest absolute Gasteiger partial charge is 0.261 e. The van der Waals surface area contributed by atoms with Crippen LogP contribution in [0.5, 0.6) is 5.75 Å². The van der Waals surface area contributed by atoms with Crippen molar-refractivity contribution in [2.45, 2.75) is 23.8 Å². The van der Waals surface area contributed by atoms with E-state index in [0.29, 0.717) is 13.2 Å². The average Bonchev–Trinajstić information content (AvgIpc) is 3.30. The number of carbonyl (C=O) groups excluding carboxylic acids is 2. The number of ether oxygens (including phenoxy) is 2.